The van der Waals surface area contributed by atoms with Gasteiger partial charge in [-0.2, -0.15) is 0 Å². The summed E-state index contributed by atoms with van der Waals surface area (Å²) in [4.78, 5) is 13.3. The molecule has 3 aromatic rings. The summed E-state index contributed by atoms with van der Waals surface area (Å²) in [5.74, 6) is 0.449. The number of hydrogen-bond acceptors (Lipinski definition) is 4. The Morgan fingerprint density at radius 2 is 1.55 bits per heavy atom. The molecule has 0 aromatic heterocycles. The van der Waals surface area contributed by atoms with Crippen LogP contribution in [0.2, 0.25) is 18.1 Å². The van der Waals surface area contributed by atoms with Gasteiger partial charge in [0.25, 0.3) is 0 Å². The molecular formula is C26H32O4Si. The Bertz CT molecular complexity index is 1050. The van der Waals surface area contributed by atoms with Gasteiger partial charge in [0.15, 0.2) is 20.9 Å². The lowest BCUT2D eigenvalue weighted by atomic mass is 9.98. The minimum absolute atomic E-state index is 0.0753. The van der Waals surface area contributed by atoms with Crippen molar-refractivity contribution >= 4 is 24.9 Å². The highest BCUT2D eigenvalue weighted by Gasteiger charge is 2.37. The van der Waals surface area contributed by atoms with Crippen LogP contribution in [0.3, 0.4) is 0 Å². The molecule has 0 unspecified atom stereocenters. The van der Waals surface area contributed by atoms with Crippen LogP contribution in [0.4, 0.5) is 0 Å². The van der Waals surface area contributed by atoms with Gasteiger partial charge in [-0.25, -0.2) is 0 Å². The van der Waals surface area contributed by atoms with Crippen molar-refractivity contribution in [3.05, 3.63) is 77.4 Å². The molecule has 0 aliphatic heterocycles. The predicted octanol–water partition coefficient (Wildman–Crippen LogP) is 6.58. The molecule has 0 saturated heterocycles. The fourth-order valence-corrected chi connectivity index (χ4v) is 3.99. The topological polar surface area (TPSA) is 44.8 Å². The summed E-state index contributed by atoms with van der Waals surface area (Å²) >= 11 is 0. The van der Waals surface area contributed by atoms with E-state index in [0.717, 1.165) is 16.3 Å². The molecule has 0 N–H and O–H groups in total. The highest BCUT2D eigenvalue weighted by Crippen LogP contribution is 2.37. The average Bonchev–Trinajstić information content (AvgIpc) is 2.74. The zero-order valence-corrected chi connectivity index (χ0v) is 20.3. The highest BCUT2D eigenvalue weighted by atomic mass is 28.4. The number of benzene rings is 3. The van der Waals surface area contributed by atoms with E-state index in [4.69, 9.17) is 13.9 Å². The average molecular weight is 437 g/mol. The molecule has 4 nitrogen and oxygen atoms in total. The van der Waals surface area contributed by atoms with Crippen molar-refractivity contribution in [2.24, 2.45) is 0 Å². The lowest BCUT2D eigenvalue weighted by Gasteiger charge is -2.36. The Kier molecular flexibility index (Phi) is 6.99. The Morgan fingerprint density at radius 3 is 2.13 bits per heavy atom. The van der Waals surface area contributed by atoms with E-state index < -0.39 is 8.32 Å². The van der Waals surface area contributed by atoms with E-state index in [2.05, 4.69) is 33.9 Å². The molecule has 0 amide bonds. The van der Waals surface area contributed by atoms with Crippen molar-refractivity contribution in [3.8, 4) is 5.75 Å². The first-order valence-electron chi connectivity index (χ1n) is 10.5. The summed E-state index contributed by atoms with van der Waals surface area (Å²) in [7, 11) is -0.255. The van der Waals surface area contributed by atoms with Gasteiger partial charge >= 0.3 is 0 Å². The molecule has 0 atom stereocenters. The maximum atomic E-state index is 13.3. The number of rotatable bonds is 8. The number of methoxy groups -OCH3 is 1. The third-order valence-electron chi connectivity index (χ3n) is 6.05. The molecule has 3 rings (SSSR count). The normalized spacial score (nSPS) is 12.2. The van der Waals surface area contributed by atoms with Crippen LogP contribution in [-0.2, 0) is 15.8 Å². The fraction of sp³-hybridized carbons (Fsp3) is 0.346. The fourth-order valence-electron chi connectivity index (χ4n) is 3.03. The van der Waals surface area contributed by atoms with E-state index in [1.807, 2.05) is 60.7 Å². The van der Waals surface area contributed by atoms with Crippen LogP contribution in [0.1, 0.15) is 42.3 Å². The summed E-state index contributed by atoms with van der Waals surface area (Å²) in [5, 5.41) is 2.18. The van der Waals surface area contributed by atoms with Crippen molar-refractivity contribution in [2.45, 2.75) is 45.5 Å². The molecular weight excluding hydrogens is 404 g/mol. The zero-order valence-electron chi connectivity index (χ0n) is 19.3. The van der Waals surface area contributed by atoms with E-state index in [9.17, 15) is 4.79 Å². The summed E-state index contributed by atoms with van der Waals surface area (Å²) in [6, 6.07) is 19.4. The standard InChI is InChI=1S/C26H32O4Si/c1-26(2,3)31(5,6)30-17-19-11-13-20(14-12-19)25(27)23-15-21-9-7-8-10-22(21)16-24(23)29-18-28-4/h7-16H,17-18H2,1-6H3. The van der Waals surface area contributed by atoms with E-state index >= 15 is 0 Å². The quantitative estimate of drug-likeness (QED) is 0.227. The van der Waals surface area contributed by atoms with Gasteiger partial charge in [-0.1, -0.05) is 69.3 Å². The second kappa shape index (κ2) is 9.35. The summed E-state index contributed by atoms with van der Waals surface area (Å²) in [6.45, 7) is 11.8. The predicted molar refractivity (Wildman–Crippen MR) is 128 cm³/mol. The monoisotopic (exact) mass is 436 g/mol. The van der Waals surface area contributed by atoms with Gasteiger partial charge in [0.2, 0.25) is 0 Å². The smallest absolute Gasteiger partial charge is 0.196 e. The molecule has 3 aromatic carbocycles. The Balaban J connectivity index is 1.83. The van der Waals surface area contributed by atoms with Crippen LogP contribution in [-0.4, -0.2) is 28.0 Å². The van der Waals surface area contributed by atoms with E-state index in [1.165, 1.54) is 0 Å². The van der Waals surface area contributed by atoms with Crippen LogP contribution in [0.25, 0.3) is 10.8 Å². The van der Waals surface area contributed by atoms with Crippen LogP contribution >= 0.6 is 0 Å². The number of carbonyl (C=O) groups is 1. The van der Waals surface area contributed by atoms with Gasteiger partial charge in [0, 0.05) is 12.7 Å². The molecule has 5 heteroatoms. The van der Waals surface area contributed by atoms with Crippen molar-refractivity contribution < 1.29 is 18.7 Å². The maximum Gasteiger partial charge on any atom is 0.196 e. The van der Waals surface area contributed by atoms with Crippen LogP contribution in [0.15, 0.2) is 60.7 Å². The summed E-state index contributed by atoms with van der Waals surface area (Å²) in [6.07, 6.45) is 0. The van der Waals surface area contributed by atoms with Crippen molar-refractivity contribution in [1.29, 1.82) is 0 Å². The zero-order chi connectivity index (χ0) is 22.6. The second-order valence-electron chi connectivity index (χ2n) is 9.32. The highest BCUT2D eigenvalue weighted by molar-refractivity contribution is 6.74. The van der Waals surface area contributed by atoms with Gasteiger partial charge < -0.3 is 13.9 Å². The molecule has 0 radical (unpaired) electrons. The molecule has 0 aliphatic rings. The number of ether oxygens (including phenoxy) is 2. The van der Waals surface area contributed by atoms with Gasteiger partial charge in [-0.3, -0.25) is 4.79 Å². The van der Waals surface area contributed by atoms with Crippen LogP contribution in [0, 0.1) is 0 Å². The summed E-state index contributed by atoms with van der Waals surface area (Å²) < 4.78 is 17.1. The Morgan fingerprint density at radius 1 is 0.935 bits per heavy atom. The maximum absolute atomic E-state index is 13.3. The van der Waals surface area contributed by atoms with E-state index in [1.54, 1.807) is 7.11 Å². The molecule has 0 spiro atoms. The van der Waals surface area contributed by atoms with Crippen molar-refractivity contribution in [2.75, 3.05) is 13.9 Å². The molecule has 31 heavy (non-hydrogen) atoms. The first-order chi connectivity index (χ1) is 14.6. The molecule has 0 saturated carbocycles. The van der Waals surface area contributed by atoms with Crippen molar-refractivity contribution in [1.82, 2.24) is 0 Å². The minimum atomic E-state index is -1.82. The number of ketones is 1. The third-order valence-corrected chi connectivity index (χ3v) is 10.5. The summed E-state index contributed by atoms with van der Waals surface area (Å²) in [5.41, 5.74) is 2.21. The molecule has 0 bridgehead atoms. The number of hydrogen-bond donors (Lipinski definition) is 0. The van der Waals surface area contributed by atoms with E-state index in [-0.39, 0.29) is 17.6 Å². The third kappa shape index (κ3) is 5.42. The van der Waals surface area contributed by atoms with Gasteiger partial charge in [0.1, 0.15) is 5.75 Å². The second-order valence-corrected chi connectivity index (χ2v) is 14.1. The van der Waals surface area contributed by atoms with Crippen molar-refractivity contribution in [3.63, 3.8) is 0 Å². The molecule has 0 aliphatic carbocycles. The largest absolute Gasteiger partial charge is 0.467 e. The van der Waals surface area contributed by atoms with Crippen LogP contribution < -0.4 is 4.74 Å². The van der Waals surface area contributed by atoms with Gasteiger partial charge in [-0.15, -0.1) is 0 Å². The number of fused-ring (bicyclic) bond motifs is 1. The minimum Gasteiger partial charge on any atom is -0.467 e. The molecule has 0 heterocycles. The van der Waals surface area contributed by atoms with Gasteiger partial charge in [0.05, 0.1) is 12.2 Å². The first kappa shape index (κ1) is 23.2. The lowest BCUT2D eigenvalue weighted by Crippen LogP contribution is -2.40. The number of carbonyl (C=O) groups excluding carboxylic acids is 1. The molecule has 164 valence electrons. The Hall–Kier alpha value is -2.47. The van der Waals surface area contributed by atoms with E-state index in [0.29, 0.717) is 23.5 Å². The Labute approximate surface area is 186 Å². The van der Waals surface area contributed by atoms with Gasteiger partial charge in [-0.05, 0) is 46.6 Å². The first-order valence-corrected chi connectivity index (χ1v) is 13.5. The van der Waals surface area contributed by atoms with Crippen LogP contribution in [0.5, 0.6) is 5.75 Å². The SMILES string of the molecule is COCOc1cc2ccccc2cc1C(=O)c1ccc(CO[Si](C)(C)C(C)(C)C)cc1. The molecule has 0 fully saturated rings. The lowest BCUT2D eigenvalue weighted by molar-refractivity contribution is 0.0504.